The Kier molecular flexibility index (Phi) is 5.46. The number of thiocarbonyl (C=S) groups is 1. The van der Waals surface area contributed by atoms with Crippen molar-refractivity contribution in [2.75, 3.05) is 25.5 Å². The topological polar surface area (TPSA) is 41.6 Å². The quantitative estimate of drug-likeness (QED) is 0.657. The number of rotatable bonds is 2. The summed E-state index contributed by atoms with van der Waals surface area (Å²) in [6, 6.07) is 4.70. The zero-order chi connectivity index (χ0) is 17.0. The lowest BCUT2D eigenvalue weighted by Crippen LogP contribution is -2.42. The van der Waals surface area contributed by atoms with Gasteiger partial charge in [0.15, 0.2) is 5.11 Å². The molecule has 1 N–H and O–H groups in total. The van der Waals surface area contributed by atoms with Gasteiger partial charge in [-0.05, 0) is 49.3 Å². The minimum Gasteiger partial charge on any atom is -0.469 e. The van der Waals surface area contributed by atoms with Crippen LogP contribution in [0.15, 0.2) is 24.3 Å². The van der Waals surface area contributed by atoms with Crippen LogP contribution in [0.4, 0.5) is 18.9 Å². The molecule has 126 valence electrons. The zero-order valence-electron chi connectivity index (χ0n) is 12.5. The van der Waals surface area contributed by atoms with E-state index >= 15 is 0 Å². The van der Waals surface area contributed by atoms with Gasteiger partial charge in [-0.3, -0.25) is 4.79 Å². The maximum absolute atomic E-state index is 12.5. The Balaban J connectivity index is 1.89. The molecule has 2 rings (SSSR count). The van der Waals surface area contributed by atoms with E-state index in [1.807, 2.05) is 4.90 Å². The lowest BCUT2D eigenvalue weighted by molar-refractivity contribution is -0.146. The van der Waals surface area contributed by atoms with Gasteiger partial charge in [0.05, 0.1) is 18.6 Å². The van der Waals surface area contributed by atoms with Gasteiger partial charge < -0.3 is 15.0 Å². The summed E-state index contributed by atoms with van der Waals surface area (Å²) in [5.41, 5.74) is -0.203. The van der Waals surface area contributed by atoms with E-state index in [4.69, 9.17) is 17.0 Å². The highest BCUT2D eigenvalue weighted by atomic mass is 32.1. The number of alkyl halides is 3. The van der Waals surface area contributed by atoms with Crippen LogP contribution in [-0.4, -0.2) is 36.2 Å². The summed E-state index contributed by atoms with van der Waals surface area (Å²) < 4.78 is 42.3. The van der Waals surface area contributed by atoms with Crippen molar-refractivity contribution in [2.45, 2.75) is 19.0 Å². The van der Waals surface area contributed by atoms with Crippen molar-refractivity contribution in [3.05, 3.63) is 29.8 Å². The molecule has 0 bridgehead atoms. The van der Waals surface area contributed by atoms with Gasteiger partial charge in [0.25, 0.3) is 0 Å². The maximum atomic E-state index is 12.5. The molecule has 4 nitrogen and oxygen atoms in total. The second kappa shape index (κ2) is 7.16. The summed E-state index contributed by atoms with van der Waals surface area (Å²) in [5, 5.41) is 3.36. The van der Waals surface area contributed by atoms with E-state index in [-0.39, 0.29) is 11.9 Å². The van der Waals surface area contributed by atoms with Crippen molar-refractivity contribution in [2.24, 2.45) is 5.92 Å². The fourth-order valence-electron chi connectivity index (χ4n) is 2.43. The van der Waals surface area contributed by atoms with Crippen LogP contribution in [0.25, 0.3) is 0 Å². The first-order chi connectivity index (χ1) is 10.8. The van der Waals surface area contributed by atoms with Gasteiger partial charge in [-0.2, -0.15) is 13.2 Å². The first kappa shape index (κ1) is 17.5. The van der Waals surface area contributed by atoms with Crippen molar-refractivity contribution in [1.82, 2.24) is 4.90 Å². The van der Waals surface area contributed by atoms with Crippen LogP contribution >= 0.6 is 12.2 Å². The fourth-order valence-corrected chi connectivity index (χ4v) is 2.73. The molecule has 0 radical (unpaired) electrons. The van der Waals surface area contributed by atoms with Gasteiger partial charge in [-0.15, -0.1) is 0 Å². The Labute approximate surface area is 137 Å². The summed E-state index contributed by atoms with van der Waals surface area (Å²) in [6.07, 6.45) is -3.07. The molecule has 1 fully saturated rings. The van der Waals surface area contributed by atoms with Crippen molar-refractivity contribution in [1.29, 1.82) is 0 Å². The Hall–Kier alpha value is -1.83. The maximum Gasteiger partial charge on any atom is 0.416 e. The largest absolute Gasteiger partial charge is 0.469 e. The number of nitrogens with one attached hydrogen (secondary N) is 1. The molecule has 0 atom stereocenters. The van der Waals surface area contributed by atoms with Gasteiger partial charge >= 0.3 is 12.1 Å². The first-order valence-corrected chi connectivity index (χ1v) is 7.53. The van der Waals surface area contributed by atoms with E-state index in [9.17, 15) is 18.0 Å². The number of methoxy groups -OCH3 is 1. The minimum atomic E-state index is -4.35. The van der Waals surface area contributed by atoms with Crippen LogP contribution in [-0.2, 0) is 15.7 Å². The van der Waals surface area contributed by atoms with Gasteiger partial charge in [0, 0.05) is 18.8 Å². The SMILES string of the molecule is COC(=O)C1CCN(C(=S)Nc2ccc(C(F)(F)F)cc2)CC1. The molecule has 1 heterocycles. The van der Waals surface area contributed by atoms with Crippen molar-refractivity contribution >= 4 is 29.0 Å². The molecule has 0 aromatic heterocycles. The third-order valence-corrected chi connectivity index (χ3v) is 4.14. The number of benzene rings is 1. The summed E-state index contributed by atoms with van der Waals surface area (Å²) in [6.45, 7) is 1.21. The minimum absolute atomic E-state index is 0.120. The van der Waals surface area contributed by atoms with Crippen molar-refractivity contribution in [3.63, 3.8) is 0 Å². The average Bonchev–Trinajstić information content (AvgIpc) is 2.54. The number of esters is 1. The highest BCUT2D eigenvalue weighted by molar-refractivity contribution is 7.80. The normalized spacial score (nSPS) is 16.1. The predicted octanol–water partition coefficient (Wildman–Crippen LogP) is 3.29. The molecular formula is C15H17F3N2O2S. The molecule has 0 aliphatic carbocycles. The number of carbonyl (C=O) groups excluding carboxylic acids is 1. The van der Waals surface area contributed by atoms with Crippen molar-refractivity contribution < 1.29 is 22.7 Å². The lowest BCUT2D eigenvalue weighted by Gasteiger charge is -2.32. The van der Waals surface area contributed by atoms with Gasteiger partial charge in [-0.1, -0.05) is 0 Å². The molecule has 1 aliphatic heterocycles. The number of piperidine rings is 1. The van der Waals surface area contributed by atoms with E-state index < -0.39 is 11.7 Å². The summed E-state index contributed by atoms with van der Waals surface area (Å²) in [7, 11) is 1.37. The second-order valence-electron chi connectivity index (χ2n) is 5.29. The number of halogens is 3. The van der Waals surface area contributed by atoms with E-state index in [1.165, 1.54) is 19.2 Å². The Morgan fingerprint density at radius 2 is 1.83 bits per heavy atom. The Morgan fingerprint density at radius 3 is 2.30 bits per heavy atom. The number of hydrogen-bond acceptors (Lipinski definition) is 3. The molecule has 0 spiro atoms. The number of nitrogens with zero attached hydrogens (tertiary/aromatic N) is 1. The lowest BCUT2D eigenvalue weighted by atomic mass is 9.97. The third-order valence-electron chi connectivity index (χ3n) is 3.78. The zero-order valence-corrected chi connectivity index (χ0v) is 13.3. The summed E-state index contributed by atoms with van der Waals surface area (Å²) in [5.74, 6) is -0.337. The first-order valence-electron chi connectivity index (χ1n) is 7.12. The number of ether oxygens (including phenoxy) is 1. The number of hydrogen-bond donors (Lipinski definition) is 1. The molecule has 0 unspecified atom stereocenters. The molecule has 0 saturated carbocycles. The van der Waals surface area contributed by atoms with Crippen molar-refractivity contribution in [3.8, 4) is 0 Å². The molecule has 1 saturated heterocycles. The van der Waals surface area contributed by atoms with Crippen LogP contribution < -0.4 is 5.32 Å². The van der Waals surface area contributed by atoms with E-state index in [0.717, 1.165) is 12.1 Å². The second-order valence-corrected chi connectivity index (χ2v) is 5.68. The molecule has 23 heavy (non-hydrogen) atoms. The summed E-state index contributed by atoms with van der Waals surface area (Å²) >= 11 is 5.27. The van der Waals surface area contributed by atoms with Crippen LogP contribution in [0.3, 0.4) is 0 Å². The monoisotopic (exact) mass is 346 g/mol. The fraction of sp³-hybridized carbons (Fsp3) is 0.467. The van der Waals surface area contributed by atoms with Gasteiger partial charge in [0.1, 0.15) is 0 Å². The number of anilines is 1. The number of likely N-dealkylation sites (tertiary alicyclic amines) is 1. The Morgan fingerprint density at radius 1 is 1.26 bits per heavy atom. The molecule has 0 amide bonds. The van der Waals surface area contributed by atoms with E-state index in [1.54, 1.807) is 0 Å². The van der Waals surface area contributed by atoms with Crippen LogP contribution in [0.2, 0.25) is 0 Å². The average molecular weight is 346 g/mol. The van der Waals surface area contributed by atoms with E-state index in [0.29, 0.717) is 36.7 Å². The smallest absolute Gasteiger partial charge is 0.416 e. The van der Waals surface area contributed by atoms with Crippen LogP contribution in [0, 0.1) is 5.92 Å². The Bertz CT molecular complexity index is 567. The molecule has 1 aromatic rings. The summed E-state index contributed by atoms with van der Waals surface area (Å²) in [4.78, 5) is 13.4. The van der Waals surface area contributed by atoms with Gasteiger partial charge in [-0.25, -0.2) is 0 Å². The highest BCUT2D eigenvalue weighted by Gasteiger charge is 2.30. The third kappa shape index (κ3) is 4.57. The van der Waals surface area contributed by atoms with Gasteiger partial charge in [0.2, 0.25) is 0 Å². The van der Waals surface area contributed by atoms with Crippen LogP contribution in [0.1, 0.15) is 18.4 Å². The number of carbonyl (C=O) groups is 1. The van der Waals surface area contributed by atoms with Crippen LogP contribution in [0.5, 0.6) is 0 Å². The predicted molar refractivity (Wildman–Crippen MR) is 84.0 cm³/mol. The highest BCUT2D eigenvalue weighted by Crippen LogP contribution is 2.30. The standard InChI is InChI=1S/C15H17F3N2O2S/c1-22-13(21)10-6-8-20(9-7-10)14(23)19-12-4-2-11(3-5-12)15(16,17)18/h2-5,10H,6-9H2,1H3,(H,19,23). The molecule has 1 aromatic carbocycles. The van der Waals surface area contributed by atoms with E-state index in [2.05, 4.69) is 5.32 Å². The molecular weight excluding hydrogens is 329 g/mol. The molecule has 1 aliphatic rings. The molecule has 8 heteroatoms.